The normalized spacial score (nSPS) is 10.6. The number of thiazole rings is 1. The minimum atomic E-state index is -1.04. The van der Waals surface area contributed by atoms with Gasteiger partial charge in [0, 0.05) is 30.6 Å². The molecule has 2 rings (SSSR count). The highest BCUT2D eigenvalue weighted by Crippen LogP contribution is 2.15. The number of likely N-dealkylation sites (N-methyl/N-ethyl adjacent to an activating group) is 1. The SMILES string of the molecule is Cc1cc(C(=O)O)nc(N(C)CCc2scnc2C)n1. The molecule has 0 amide bonds. The van der Waals surface area contributed by atoms with Crippen molar-refractivity contribution >= 4 is 23.3 Å². The van der Waals surface area contributed by atoms with Crippen LogP contribution in [0.4, 0.5) is 5.95 Å². The number of carboxylic acid groups (broad SMARTS) is 1. The Morgan fingerprint density at radius 1 is 1.40 bits per heavy atom. The number of aromatic nitrogens is 3. The first kappa shape index (κ1) is 14.4. The molecule has 0 fully saturated rings. The maximum absolute atomic E-state index is 11.0. The number of carbonyl (C=O) groups is 1. The zero-order chi connectivity index (χ0) is 14.7. The summed E-state index contributed by atoms with van der Waals surface area (Å²) in [6.45, 7) is 4.46. The van der Waals surface area contributed by atoms with Crippen molar-refractivity contribution in [2.24, 2.45) is 0 Å². The lowest BCUT2D eigenvalue weighted by Crippen LogP contribution is -2.23. The molecule has 2 aromatic heterocycles. The first-order valence-electron chi connectivity index (χ1n) is 6.16. The minimum absolute atomic E-state index is 0.0216. The van der Waals surface area contributed by atoms with Crippen molar-refractivity contribution in [3.63, 3.8) is 0 Å². The summed E-state index contributed by atoms with van der Waals surface area (Å²) in [5, 5.41) is 9.02. The van der Waals surface area contributed by atoms with E-state index in [4.69, 9.17) is 5.11 Å². The summed E-state index contributed by atoms with van der Waals surface area (Å²) < 4.78 is 0. The van der Waals surface area contributed by atoms with Gasteiger partial charge in [-0.25, -0.2) is 19.7 Å². The van der Waals surface area contributed by atoms with Gasteiger partial charge in [0.15, 0.2) is 5.69 Å². The van der Waals surface area contributed by atoms with Crippen LogP contribution in [0.1, 0.15) is 26.8 Å². The van der Waals surface area contributed by atoms with Crippen molar-refractivity contribution in [2.75, 3.05) is 18.5 Å². The molecule has 0 aliphatic heterocycles. The Morgan fingerprint density at radius 2 is 2.15 bits per heavy atom. The fraction of sp³-hybridized carbons (Fsp3) is 0.385. The molecule has 0 aliphatic carbocycles. The molecule has 0 atom stereocenters. The molecule has 7 heteroatoms. The zero-order valence-electron chi connectivity index (χ0n) is 11.6. The van der Waals surface area contributed by atoms with Crippen LogP contribution in [0.5, 0.6) is 0 Å². The molecule has 0 radical (unpaired) electrons. The van der Waals surface area contributed by atoms with Crippen molar-refractivity contribution < 1.29 is 9.90 Å². The van der Waals surface area contributed by atoms with Crippen LogP contribution in [0.15, 0.2) is 11.6 Å². The summed E-state index contributed by atoms with van der Waals surface area (Å²) in [6, 6.07) is 1.47. The number of hydrogen-bond acceptors (Lipinski definition) is 6. The van der Waals surface area contributed by atoms with Crippen LogP contribution in [0.2, 0.25) is 0 Å². The van der Waals surface area contributed by atoms with Crippen LogP contribution in [-0.2, 0) is 6.42 Å². The van der Waals surface area contributed by atoms with Crippen molar-refractivity contribution in [1.29, 1.82) is 0 Å². The van der Waals surface area contributed by atoms with E-state index in [9.17, 15) is 4.79 Å². The van der Waals surface area contributed by atoms with Crippen molar-refractivity contribution in [2.45, 2.75) is 20.3 Å². The van der Waals surface area contributed by atoms with Gasteiger partial charge in [0.05, 0.1) is 11.2 Å². The van der Waals surface area contributed by atoms with E-state index in [1.807, 2.05) is 24.4 Å². The molecule has 0 bridgehead atoms. The molecule has 0 unspecified atom stereocenters. The zero-order valence-corrected chi connectivity index (χ0v) is 12.4. The smallest absolute Gasteiger partial charge is 0.354 e. The number of rotatable bonds is 5. The van der Waals surface area contributed by atoms with Gasteiger partial charge in [-0.3, -0.25) is 0 Å². The standard InChI is InChI=1S/C13H16N4O2S/c1-8-6-10(12(18)19)16-13(15-8)17(3)5-4-11-9(2)14-7-20-11/h6-7H,4-5H2,1-3H3,(H,18,19). The van der Waals surface area contributed by atoms with Crippen molar-refractivity contribution in [1.82, 2.24) is 15.0 Å². The third-order valence-corrected chi connectivity index (χ3v) is 3.92. The predicted octanol–water partition coefficient (Wildman–Crippen LogP) is 1.93. The second-order valence-electron chi connectivity index (χ2n) is 4.53. The summed E-state index contributed by atoms with van der Waals surface area (Å²) >= 11 is 1.63. The average Bonchev–Trinajstić information content (AvgIpc) is 2.80. The first-order chi connectivity index (χ1) is 9.47. The maximum atomic E-state index is 11.0. The third-order valence-electron chi connectivity index (χ3n) is 2.92. The van der Waals surface area contributed by atoms with Crippen LogP contribution < -0.4 is 4.90 Å². The Balaban J connectivity index is 2.11. The second kappa shape index (κ2) is 5.96. The van der Waals surface area contributed by atoms with E-state index in [-0.39, 0.29) is 5.69 Å². The molecule has 0 aromatic carbocycles. The van der Waals surface area contributed by atoms with Gasteiger partial charge in [0.2, 0.25) is 5.95 Å². The quantitative estimate of drug-likeness (QED) is 0.907. The number of nitrogens with zero attached hydrogens (tertiary/aromatic N) is 4. The molecular weight excluding hydrogens is 276 g/mol. The third kappa shape index (κ3) is 3.30. The van der Waals surface area contributed by atoms with E-state index in [1.54, 1.807) is 18.3 Å². The van der Waals surface area contributed by atoms with Gasteiger partial charge in [-0.15, -0.1) is 11.3 Å². The van der Waals surface area contributed by atoms with E-state index in [0.717, 1.165) is 12.1 Å². The Kier molecular flexibility index (Phi) is 4.29. The van der Waals surface area contributed by atoms with Crippen LogP contribution in [-0.4, -0.2) is 39.6 Å². The molecule has 6 nitrogen and oxygen atoms in total. The molecule has 0 saturated carbocycles. The van der Waals surface area contributed by atoms with Crippen LogP contribution in [0, 0.1) is 13.8 Å². The van der Waals surface area contributed by atoms with E-state index >= 15 is 0 Å². The molecule has 2 aromatic rings. The van der Waals surface area contributed by atoms with E-state index in [2.05, 4.69) is 15.0 Å². The molecule has 0 aliphatic rings. The maximum Gasteiger partial charge on any atom is 0.354 e. The molecule has 20 heavy (non-hydrogen) atoms. The highest BCUT2D eigenvalue weighted by atomic mass is 32.1. The lowest BCUT2D eigenvalue weighted by Gasteiger charge is -2.17. The Labute approximate surface area is 121 Å². The lowest BCUT2D eigenvalue weighted by molar-refractivity contribution is 0.0690. The molecule has 0 saturated heterocycles. The van der Waals surface area contributed by atoms with Crippen LogP contribution in [0.3, 0.4) is 0 Å². The topological polar surface area (TPSA) is 79.2 Å². The number of aryl methyl sites for hydroxylation is 2. The Hall–Kier alpha value is -2.02. The Morgan fingerprint density at radius 3 is 2.75 bits per heavy atom. The van der Waals surface area contributed by atoms with E-state index in [1.165, 1.54) is 10.9 Å². The molecule has 106 valence electrons. The summed E-state index contributed by atoms with van der Waals surface area (Å²) in [7, 11) is 1.86. The van der Waals surface area contributed by atoms with Crippen molar-refractivity contribution in [3.8, 4) is 0 Å². The number of carboxylic acids is 1. The Bertz CT molecular complexity index is 627. The summed E-state index contributed by atoms with van der Waals surface area (Å²) in [5.74, 6) is -0.604. The van der Waals surface area contributed by atoms with Gasteiger partial charge >= 0.3 is 5.97 Å². The summed E-state index contributed by atoms with van der Waals surface area (Å²) in [5.41, 5.74) is 3.54. The number of aromatic carboxylic acids is 1. The van der Waals surface area contributed by atoms with Crippen LogP contribution >= 0.6 is 11.3 Å². The lowest BCUT2D eigenvalue weighted by atomic mass is 10.3. The monoisotopic (exact) mass is 292 g/mol. The van der Waals surface area contributed by atoms with Gasteiger partial charge < -0.3 is 10.0 Å². The highest BCUT2D eigenvalue weighted by molar-refractivity contribution is 7.09. The van der Waals surface area contributed by atoms with Gasteiger partial charge in [-0.2, -0.15) is 0 Å². The first-order valence-corrected chi connectivity index (χ1v) is 7.04. The van der Waals surface area contributed by atoms with Crippen LogP contribution in [0.25, 0.3) is 0 Å². The van der Waals surface area contributed by atoms with Gasteiger partial charge in [-0.05, 0) is 19.9 Å². The molecule has 0 spiro atoms. The summed E-state index contributed by atoms with van der Waals surface area (Å²) in [6.07, 6.45) is 0.840. The average molecular weight is 292 g/mol. The van der Waals surface area contributed by atoms with Gasteiger partial charge in [0.25, 0.3) is 0 Å². The summed E-state index contributed by atoms with van der Waals surface area (Å²) in [4.78, 5) is 26.6. The fourth-order valence-corrected chi connectivity index (χ4v) is 2.54. The largest absolute Gasteiger partial charge is 0.477 e. The number of anilines is 1. The number of hydrogen-bond donors (Lipinski definition) is 1. The molecular formula is C13H16N4O2S. The van der Waals surface area contributed by atoms with Crippen molar-refractivity contribution in [3.05, 3.63) is 33.5 Å². The minimum Gasteiger partial charge on any atom is -0.477 e. The van der Waals surface area contributed by atoms with E-state index in [0.29, 0.717) is 18.2 Å². The van der Waals surface area contributed by atoms with Gasteiger partial charge in [-0.1, -0.05) is 0 Å². The fourth-order valence-electron chi connectivity index (χ4n) is 1.77. The molecule has 2 heterocycles. The predicted molar refractivity (Wildman–Crippen MR) is 77.6 cm³/mol. The van der Waals surface area contributed by atoms with Gasteiger partial charge in [0.1, 0.15) is 0 Å². The molecule has 1 N–H and O–H groups in total. The highest BCUT2D eigenvalue weighted by Gasteiger charge is 2.12. The van der Waals surface area contributed by atoms with E-state index < -0.39 is 5.97 Å². The second-order valence-corrected chi connectivity index (χ2v) is 5.47.